The predicted octanol–water partition coefficient (Wildman–Crippen LogP) is 6.33. The summed E-state index contributed by atoms with van der Waals surface area (Å²) in [5.74, 6) is -0.187. The van der Waals surface area contributed by atoms with Gasteiger partial charge in [-0.3, -0.25) is 9.78 Å². The minimum atomic E-state index is -0.190. The Kier molecular flexibility index (Phi) is 6.85. The predicted molar refractivity (Wildman–Crippen MR) is 139 cm³/mol. The summed E-state index contributed by atoms with van der Waals surface area (Å²) in [4.78, 5) is 21.3. The van der Waals surface area contributed by atoms with Gasteiger partial charge in [0.2, 0.25) is 0 Å². The van der Waals surface area contributed by atoms with Crippen molar-refractivity contribution in [3.05, 3.63) is 107 Å². The van der Waals surface area contributed by atoms with Gasteiger partial charge in [-0.1, -0.05) is 48.0 Å². The summed E-state index contributed by atoms with van der Waals surface area (Å²) < 4.78 is 0. The summed E-state index contributed by atoms with van der Waals surface area (Å²) in [6.45, 7) is 2.17. The quantitative estimate of drug-likeness (QED) is 0.357. The molecule has 6 heteroatoms. The maximum absolute atomic E-state index is 13.5. The number of phenolic OH excluding ortho intramolecular Hbond substituents is 1. The van der Waals surface area contributed by atoms with Crippen LogP contribution in [0.3, 0.4) is 0 Å². The number of nitrogens with zero attached hydrogens (tertiary/aromatic N) is 3. The Labute approximate surface area is 204 Å². The second kappa shape index (κ2) is 9.98. The van der Waals surface area contributed by atoms with E-state index in [2.05, 4.69) is 46.3 Å². The minimum absolute atomic E-state index is 0.00303. The number of rotatable bonds is 6. The lowest BCUT2D eigenvalue weighted by molar-refractivity contribution is 0.0984. The van der Waals surface area contributed by atoms with Crippen LogP contribution in [-0.2, 0) is 6.54 Å². The number of pyridine rings is 1. The Morgan fingerprint density at radius 2 is 1.56 bits per heavy atom. The van der Waals surface area contributed by atoms with Crippen molar-refractivity contribution in [2.75, 3.05) is 23.9 Å². The van der Waals surface area contributed by atoms with Gasteiger partial charge in [-0.05, 0) is 59.5 Å². The number of aromatic hydroxyl groups is 1. The number of hydrogen-bond acceptors (Lipinski definition) is 4. The number of amides is 1. The van der Waals surface area contributed by atoms with Crippen molar-refractivity contribution >= 4 is 28.9 Å². The molecule has 0 fully saturated rings. The van der Waals surface area contributed by atoms with Crippen molar-refractivity contribution in [2.45, 2.75) is 13.5 Å². The zero-order chi connectivity index (χ0) is 24.2. The van der Waals surface area contributed by atoms with E-state index in [1.54, 1.807) is 35.5 Å². The molecule has 4 rings (SSSR count). The Bertz CT molecular complexity index is 1280. The molecule has 0 aliphatic carbocycles. The first-order chi connectivity index (χ1) is 16.3. The Morgan fingerprint density at radius 1 is 0.912 bits per heavy atom. The fourth-order valence-corrected chi connectivity index (χ4v) is 4.01. The molecule has 3 aromatic carbocycles. The van der Waals surface area contributed by atoms with Gasteiger partial charge in [-0.15, -0.1) is 0 Å². The van der Waals surface area contributed by atoms with E-state index < -0.39 is 0 Å². The molecule has 0 unspecified atom stereocenters. The molecule has 0 bridgehead atoms. The maximum Gasteiger partial charge on any atom is 0.258 e. The third-order valence-corrected chi connectivity index (χ3v) is 5.90. The van der Waals surface area contributed by atoms with Crippen LogP contribution < -0.4 is 9.80 Å². The van der Waals surface area contributed by atoms with Crippen molar-refractivity contribution in [2.24, 2.45) is 0 Å². The molecule has 4 aromatic rings. The van der Waals surface area contributed by atoms with E-state index in [0.717, 1.165) is 27.9 Å². The fourth-order valence-electron chi connectivity index (χ4n) is 3.79. The summed E-state index contributed by atoms with van der Waals surface area (Å²) >= 11 is 6.19. The molecule has 0 atom stereocenters. The van der Waals surface area contributed by atoms with Crippen LogP contribution in [0.2, 0.25) is 5.02 Å². The van der Waals surface area contributed by atoms with Gasteiger partial charge in [-0.2, -0.15) is 0 Å². The van der Waals surface area contributed by atoms with Gasteiger partial charge < -0.3 is 14.9 Å². The molecule has 1 heterocycles. The number of benzene rings is 3. The van der Waals surface area contributed by atoms with Gasteiger partial charge in [0, 0.05) is 54.5 Å². The van der Waals surface area contributed by atoms with Crippen molar-refractivity contribution in [1.29, 1.82) is 0 Å². The molecule has 0 radical (unpaired) electrons. The number of anilines is 2. The van der Waals surface area contributed by atoms with E-state index in [9.17, 15) is 9.90 Å². The smallest absolute Gasteiger partial charge is 0.258 e. The normalized spacial score (nSPS) is 10.7. The topological polar surface area (TPSA) is 56.7 Å². The standard InChI is InChI=1S/C28H26ClN3O2/c1-19-17-30-13-12-27(19)28(34)32(25-14-23(29)15-26(33)16-25)18-20-4-6-21(7-5-20)22-8-10-24(11-9-22)31(2)3/h4-17,33H,18H2,1-3H3. The van der Waals surface area contributed by atoms with Crippen LogP contribution >= 0.6 is 11.6 Å². The molecule has 5 nitrogen and oxygen atoms in total. The number of hydrogen-bond donors (Lipinski definition) is 1. The molecule has 1 N–H and O–H groups in total. The van der Waals surface area contributed by atoms with Crippen LogP contribution in [0.25, 0.3) is 11.1 Å². The van der Waals surface area contributed by atoms with Gasteiger partial charge in [0.1, 0.15) is 5.75 Å². The molecule has 0 spiro atoms. The highest BCUT2D eigenvalue weighted by Crippen LogP contribution is 2.30. The molecule has 0 aliphatic rings. The number of carbonyl (C=O) groups excluding carboxylic acids is 1. The molecule has 0 saturated heterocycles. The SMILES string of the molecule is Cc1cnccc1C(=O)N(Cc1ccc(-c2ccc(N(C)C)cc2)cc1)c1cc(O)cc(Cl)c1. The summed E-state index contributed by atoms with van der Waals surface area (Å²) in [6.07, 6.45) is 3.27. The third kappa shape index (κ3) is 5.21. The zero-order valence-electron chi connectivity index (χ0n) is 19.4. The first-order valence-electron chi connectivity index (χ1n) is 10.9. The average molecular weight is 472 g/mol. The highest BCUT2D eigenvalue weighted by molar-refractivity contribution is 6.31. The lowest BCUT2D eigenvalue weighted by Gasteiger charge is -2.24. The van der Waals surface area contributed by atoms with Gasteiger partial charge in [0.05, 0.1) is 6.54 Å². The van der Waals surface area contributed by atoms with E-state index in [-0.39, 0.29) is 11.7 Å². The largest absolute Gasteiger partial charge is 0.508 e. The van der Waals surface area contributed by atoms with Crippen molar-refractivity contribution in [3.8, 4) is 16.9 Å². The van der Waals surface area contributed by atoms with E-state index in [4.69, 9.17) is 11.6 Å². The lowest BCUT2D eigenvalue weighted by atomic mass is 10.0. The van der Waals surface area contributed by atoms with Crippen LogP contribution in [0.5, 0.6) is 5.75 Å². The second-order valence-corrected chi connectivity index (χ2v) is 8.82. The zero-order valence-corrected chi connectivity index (χ0v) is 20.1. The van der Waals surface area contributed by atoms with E-state index in [1.165, 1.54) is 6.07 Å². The summed E-state index contributed by atoms with van der Waals surface area (Å²) in [6, 6.07) is 22.9. The highest BCUT2D eigenvalue weighted by Gasteiger charge is 2.21. The van der Waals surface area contributed by atoms with Gasteiger partial charge >= 0.3 is 0 Å². The third-order valence-electron chi connectivity index (χ3n) is 5.69. The monoisotopic (exact) mass is 471 g/mol. The van der Waals surface area contributed by atoms with E-state index in [0.29, 0.717) is 22.8 Å². The van der Waals surface area contributed by atoms with Gasteiger partial charge in [0.15, 0.2) is 0 Å². The summed E-state index contributed by atoms with van der Waals surface area (Å²) in [5, 5.41) is 10.5. The van der Waals surface area contributed by atoms with E-state index in [1.807, 2.05) is 33.2 Å². The Hall–Kier alpha value is -3.83. The van der Waals surface area contributed by atoms with Gasteiger partial charge in [0.25, 0.3) is 5.91 Å². The molecule has 1 aromatic heterocycles. The van der Waals surface area contributed by atoms with Crippen LogP contribution in [0, 0.1) is 6.92 Å². The Balaban J connectivity index is 1.65. The van der Waals surface area contributed by atoms with Crippen molar-refractivity contribution in [1.82, 2.24) is 4.98 Å². The van der Waals surface area contributed by atoms with Crippen LogP contribution in [0.15, 0.2) is 85.2 Å². The molecule has 0 saturated carbocycles. The van der Waals surface area contributed by atoms with Crippen molar-refractivity contribution < 1.29 is 9.90 Å². The van der Waals surface area contributed by atoms with Crippen molar-refractivity contribution in [3.63, 3.8) is 0 Å². The number of carbonyl (C=O) groups is 1. The molecule has 1 amide bonds. The number of aromatic nitrogens is 1. The first kappa shape index (κ1) is 23.3. The molecule has 34 heavy (non-hydrogen) atoms. The second-order valence-electron chi connectivity index (χ2n) is 8.39. The first-order valence-corrected chi connectivity index (χ1v) is 11.3. The molecule has 172 valence electrons. The number of halogens is 1. The Morgan fingerprint density at radius 3 is 2.15 bits per heavy atom. The summed E-state index contributed by atoms with van der Waals surface area (Å²) in [7, 11) is 4.04. The molecular weight excluding hydrogens is 446 g/mol. The highest BCUT2D eigenvalue weighted by atomic mass is 35.5. The fraction of sp³-hybridized carbons (Fsp3) is 0.143. The maximum atomic E-state index is 13.5. The van der Waals surface area contributed by atoms with Gasteiger partial charge in [-0.25, -0.2) is 0 Å². The van der Waals surface area contributed by atoms with Crippen LogP contribution in [0.1, 0.15) is 21.5 Å². The van der Waals surface area contributed by atoms with E-state index >= 15 is 0 Å². The minimum Gasteiger partial charge on any atom is -0.508 e. The number of phenols is 1. The van der Waals surface area contributed by atoms with Crippen LogP contribution in [0.4, 0.5) is 11.4 Å². The average Bonchev–Trinajstić information content (AvgIpc) is 2.82. The summed E-state index contributed by atoms with van der Waals surface area (Å²) in [5.41, 5.74) is 6.16. The molecular formula is C28H26ClN3O2. The number of aryl methyl sites for hydroxylation is 1. The van der Waals surface area contributed by atoms with Crippen LogP contribution in [-0.4, -0.2) is 30.1 Å². The lowest BCUT2D eigenvalue weighted by Crippen LogP contribution is -2.31. The molecule has 0 aliphatic heterocycles.